The van der Waals surface area contributed by atoms with Crippen molar-refractivity contribution in [1.82, 2.24) is 9.55 Å². The van der Waals surface area contributed by atoms with Crippen molar-refractivity contribution in [1.29, 1.82) is 0 Å². The molecule has 1 heterocycles. The van der Waals surface area contributed by atoms with Crippen molar-refractivity contribution < 1.29 is 4.39 Å². The van der Waals surface area contributed by atoms with Crippen LogP contribution < -0.4 is 0 Å². The first kappa shape index (κ1) is 9.14. The summed E-state index contributed by atoms with van der Waals surface area (Å²) < 4.78 is 13.7. The van der Waals surface area contributed by atoms with Crippen LogP contribution in [0.1, 0.15) is 20.8 Å². The third kappa shape index (κ3) is 2.17. The van der Waals surface area contributed by atoms with Gasteiger partial charge in [0.2, 0.25) is 5.95 Å². The fourth-order valence-corrected chi connectivity index (χ4v) is 0.537. The van der Waals surface area contributed by atoms with Crippen LogP contribution in [0.2, 0.25) is 0 Å². The molecule has 1 aromatic rings. The van der Waals surface area contributed by atoms with Gasteiger partial charge in [-0.25, -0.2) is 4.98 Å². The number of nitrogens with zero attached hydrogens (tertiary/aromatic N) is 2. The molecule has 0 amide bonds. The zero-order valence-corrected chi connectivity index (χ0v) is 6.63. The van der Waals surface area contributed by atoms with E-state index in [4.69, 9.17) is 0 Å². The molecule has 0 N–H and O–H groups in total. The minimum Gasteiger partial charge on any atom is -0.308 e. The highest BCUT2D eigenvalue weighted by molar-refractivity contribution is 4.77. The van der Waals surface area contributed by atoms with Gasteiger partial charge in [0.15, 0.2) is 0 Å². The molecular weight excluding hydrogens is 131 g/mol. The Balaban J connectivity index is 0.000000371. The van der Waals surface area contributed by atoms with Crippen molar-refractivity contribution in [3.8, 4) is 0 Å². The van der Waals surface area contributed by atoms with Crippen LogP contribution in [0.5, 0.6) is 0 Å². The molecule has 58 valence electrons. The first-order valence-corrected chi connectivity index (χ1v) is 3.50. The number of aryl methyl sites for hydroxylation is 1. The van der Waals surface area contributed by atoms with Crippen LogP contribution in [-0.2, 0) is 6.54 Å². The van der Waals surface area contributed by atoms with E-state index in [1.165, 1.54) is 17.1 Å². The second-order valence-corrected chi connectivity index (χ2v) is 1.50. The van der Waals surface area contributed by atoms with Gasteiger partial charge in [-0.2, -0.15) is 4.39 Å². The normalized spacial score (nSPS) is 8.40. The quantitative estimate of drug-likeness (QED) is 0.590. The zero-order chi connectivity index (χ0) is 7.98. The average molecular weight is 144 g/mol. The molecule has 0 bridgehead atoms. The molecule has 0 saturated heterocycles. The second kappa shape index (κ2) is 4.97. The number of halogens is 1. The van der Waals surface area contributed by atoms with Crippen LogP contribution in [0.25, 0.3) is 0 Å². The topological polar surface area (TPSA) is 17.8 Å². The maximum atomic E-state index is 12.3. The van der Waals surface area contributed by atoms with E-state index in [0.717, 1.165) is 0 Å². The molecule has 0 spiro atoms. The van der Waals surface area contributed by atoms with Crippen molar-refractivity contribution in [3.63, 3.8) is 0 Å². The minimum absolute atomic E-state index is 0.271. The maximum Gasteiger partial charge on any atom is 0.213 e. The van der Waals surface area contributed by atoms with E-state index >= 15 is 0 Å². The Morgan fingerprint density at radius 1 is 1.60 bits per heavy atom. The number of hydrogen-bond acceptors (Lipinski definition) is 1. The molecule has 3 heteroatoms. The molecule has 0 aliphatic carbocycles. The summed E-state index contributed by atoms with van der Waals surface area (Å²) in [5.74, 6) is -0.271. The van der Waals surface area contributed by atoms with Crippen LogP contribution >= 0.6 is 0 Å². The van der Waals surface area contributed by atoms with Gasteiger partial charge >= 0.3 is 0 Å². The minimum atomic E-state index is -0.271. The molecule has 1 aromatic heterocycles. The van der Waals surface area contributed by atoms with E-state index in [2.05, 4.69) is 4.98 Å². The number of rotatable bonds is 1. The molecule has 0 aliphatic rings. The Bertz CT molecular complexity index is 172. The lowest BCUT2D eigenvalue weighted by Crippen LogP contribution is -1.93. The number of imidazole rings is 1. The van der Waals surface area contributed by atoms with Gasteiger partial charge in [0.05, 0.1) is 12.5 Å². The molecule has 0 aliphatic heterocycles. The van der Waals surface area contributed by atoms with Gasteiger partial charge in [-0.3, -0.25) is 0 Å². The zero-order valence-electron chi connectivity index (χ0n) is 6.63. The Morgan fingerprint density at radius 3 is 2.40 bits per heavy atom. The van der Waals surface area contributed by atoms with Gasteiger partial charge in [0.1, 0.15) is 0 Å². The van der Waals surface area contributed by atoms with E-state index in [9.17, 15) is 4.39 Å². The highest BCUT2D eigenvalue weighted by Crippen LogP contribution is 1.93. The second-order valence-electron chi connectivity index (χ2n) is 1.50. The predicted molar refractivity (Wildman–Crippen MR) is 39.2 cm³/mol. The Kier molecular flexibility index (Phi) is 4.54. The highest BCUT2D eigenvalue weighted by atomic mass is 19.1. The number of hydrogen-bond donors (Lipinski definition) is 0. The molecule has 0 atom stereocenters. The van der Waals surface area contributed by atoms with Crippen LogP contribution in [-0.4, -0.2) is 9.55 Å². The van der Waals surface area contributed by atoms with Gasteiger partial charge in [-0.05, 0) is 6.92 Å². The van der Waals surface area contributed by atoms with Crippen molar-refractivity contribution >= 4 is 0 Å². The first-order chi connectivity index (χ1) is 4.84. The summed E-state index contributed by atoms with van der Waals surface area (Å²) in [5, 5.41) is 0. The van der Waals surface area contributed by atoms with Crippen LogP contribution in [0, 0.1) is 5.95 Å². The summed E-state index contributed by atoms with van der Waals surface area (Å²) in [4.78, 5) is 3.58. The van der Waals surface area contributed by atoms with Crippen molar-refractivity contribution in [3.05, 3.63) is 18.5 Å². The maximum absolute atomic E-state index is 12.3. The summed E-state index contributed by atoms with van der Waals surface area (Å²) >= 11 is 0. The number of aromatic nitrogens is 2. The standard InChI is InChI=1S/C5H7FN2.C2H6/c1-2-8-4-7-3-5(8)6;1-2/h3-4H,2H2,1H3;1-2H3. The van der Waals surface area contributed by atoms with E-state index in [-0.39, 0.29) is 5.95 Å². The molecular formula is C7H13FN2. The van der Waals surface area contributed by atoms with Gasteiger partial charge < -0.3 is 4.57 Å². The molecule has 10 heavy (non-hydrogen) atoms. The van der Waals surface area contributed by atoms with Crippen LogP contribution in [0.3, 0.4) is 0 Å². The molecule has 0 unspecified atom stereocenters. The molecule has 2 nitrogen and oxygen atoms in total. The highest BCUT2D eigenvalue weighted by Gasteiger charge is 1.93. The predicted octanol–water partition coefficient (Wildman–Crippen LogP) is 2.07. The molecule has 0 fully saturated rings. The van der Waals surface area contributed by atoms with Gasteiger partial charge in [0, 0.05) is 6.54 Å². The first-order valence-electron chi connectivity index (χ1n) is 3.50. The SMILES string of the molecule is CC.CCn1cncc1F. The van der Waals surface area contributed by atoms with E-state index in [0.29, 0.717) is 6.54 Å². The Labute approximate surface area is 60.7 Å². The smallest absolute Gasteiger partial charge is 0.213 e. The summed E-state index contributed by atoms with van der Waals surface area (Å²) in [6, 6.07) is 0. The van der Waals surface area contributed by atoms with Crippen molar-refractivity contribution in [2.45, 2.75) is 27.3 Å². The summed E-state index contributed by atoms with van der Waals surface area (Å²) in [7, 11) is 0. The monoisotopic (exact) mass is 144 g/mol. The van der Waals surface area contributed by atoms with E-state index in [1.54, 1.807) is 0 Å². The van der Waals surface area contributed by atoms with Gasteiger partial charge in [-0.15, -0.1) is 0 Å². The fourth-order valence-electron chi connectivity index (χ4n) is 0.537. The van der Waals surface area contributed by atoms with E-state index < -0.39 is 0 Å². The molecule has 0 radical (unpaired) electrons. The van der Waals surface area contributed by atoms with Gasteiger partial charge in [-0.1, -0.05) is 13.8 Å². The van der Waals surface area contributed by atoms with Gasteiger partial charge in [0.25, 0.3) is 0 Å². The Morgan fingerprint density at radius 2 is 2.20 bits per heavy atom. The molecule has 1 rings (SSSR count). The lowest BCUT2D eigenvalue weighted by Gasteiger charge is -1.91. The van der Waals surface area contributed by atoms with Crippen molar-refractivity contribution in [2.24, 2.45) is 0 Å². The lowest BCUT2D eigenvalue weighted by molar-refractivity contribution is 0.508. The van der Waals surface area contributed by atoms with Crippen LogP contribution in [0.15, 0.2) is 12.5 Å². The fraction of sp³-hybridized carbons (Fsp3) is 0.571. The van der Waals surface area contributed by atoms with Crippen molar-refractivity contribution in [2.75, 3.05) is 0 Å². The van der Waals surface area contributed by atoms with Crippen LogP contribution in [0.4, 0.5) is 4.39 Å². The summed E-state index contributed by atoms with van der Waals surface area (Å²) in [5.41, 5.74) is 0. The third-order valence-electron chi connectivity index (χ3n) is 1.00. The average Bonchev–Trinajstić information content (AvgIpc) is 2.39. The Hall–Kier alpha value is -0.860. The summed E-state index contributed by atoms with van der Waals surface area (Å²) in [6.45, 7) is 6.51. The largest absolute Gasteiger partial charge is 0.308 e. The molecule has 0 saturated carbocycles. The third-order valence-corrected chi connectivity index (χ3v) is 1.00. The summed E-state index contributed by atoms with van der Waals surface area (Å²) in [6.07, 6.45) is 2.67. The molecule has 0 aromatic carbocycles. The van der Waals surface area contributed by atoms with E-state index in [1.807, 2.05) is 20.8 Å². The lowest BCUT2D eigenvalue weighted by atomic mass is 10.7.